The number of aryl methyl sites for hydroxylation is 1. The lowest BCUT2D eigenvalue weighted by molar-refractivity contribution is -0.264. The quantitative estimate of drug-likeness (QED) is 0.690. The van der Waals surface area contributed by atoms with Gasteiger partial charge in [-0.1, -0.05) is 12.1 Å². The average Bonchev–Trinajstić information content (AvgIpc) is 2.54. The van der Waals surface area contributed by atoms with Crippen LogP contribution in [-0.2, 0) is 25.5 Å². The lowest BCUT2D eigenvalue weighted by atomic mass is 10.1. The van der Waals surface area contributed by atoms with Gasteiger partial charge in [-0.05, 0) is 44.4 Å². The van der Waals surface area contributed by atoms with E-state index in [2.05, 4.69) is 0 Å². The molecule has 6 nitrogen and oxygen atoms in total. The Hall–Kier alpha value is -1.92. The van der Waals surface area contributed by atoms with Crippen LogP contribution in [0, 0.1) is 5.92 Å². The van der Waals surface area contributed by atoms with E-state index in [-0.39, 0.29) is 11.7 Å². The molecule has 0 saturated carbocycles. The number of carbonyl (C=O) groups is 2. The Balaban J connectivity index is 1.68. The van der Waals surface area contributed by atoms with Crippen LogP contribution in [-0.4, -0.2) is 42.5 Å². The maximum Gasteiger partial charge on any atom is 0.310 e. The Bertz CT molecular complexity index is 568. The number of carbonyl (C=O) groups excluding carboxylic acids is 1. The summed E-state index contributed by atoms with van der Waals surface area (Å²) in [7, 11) is 0. The van der Waals surface area contributed by atoms with Gasteiger partial charge in [-0.25, -0.2) is 0 Å². The summed E-state index contributed by atoms with van der Waals surface area (Å²) in [6, 6.07) is 7.74. The van der Waals surface area contributed by atoms with Crippen LogP contribution in [0.3, 0.4) is 0 Å². The molecule has 1 aromatic carbocycles. The van der Waals surface area contributed by atoms with Crippen LogP contribution >= 0.6 is 0 Å². The third-order valence-corrected chi connectivity index (χ3v) is 4.01. The van der Waals surface area contributed by atoms with Crippen molar-refractivity contribution in [3.05, 3.63) is 29.8 Å². The monoisotopic (exact) mass is 350 g/mol. The summed E-state index contributed by atoms with van der Waals surface area (Å²) in [5.41, 5.74) is 1.10. The first-order valence-electron chi connectivity index (χ1n) is 8.57. The fourth-order valence-corrected chi connectivity index (χ4v) is 2.54. The number of aliphatic carboxylic acids is 1. The zero-order chi connectivity index (χ0) is 18.3. The Kier molecular flexibility index (Phi) is 6.96. The standard InChI is InChI=1S/C19H26O6/c1-19(2)24-12-15(13-25-19)11-23-17-8-6-14(7-9-17)4-3-5-16(20)10-18(21)22/h6-9,15H,3-5,10-13H2,1-2H3,(H,21,22). The van der Waals surface area contributed by atoms with E-state index in [0.29, 0.717) is 32.7 Å². The van der Waals surface area contributed by atoms with Gasteiger partial charge in [0.2, 0.25) is 0 Å². The average molecular weight is 350 g/mol. The summed E-state index contributed by atoms with van der Waals surface area (Å²) >= 11 is 0. The van der Waals surface area contributed by atoms with Crippen molar-refractivity contribution >= 4 is 11.8 Å². The molecule has 0 aromatic heterocycles. The minimum absolute atomic E-state index is 0.216. The number of carboxylic acid groups (broad SMARTS) is 1. The summed E-state index contributed by atoms with van der Waals surface area (Å²) in [6.07, 6.45) is 1.30. The predicted octanol–water partition coefficient (Wildman–Crippen LogP) is 2.83. The fourth-order valence-electron chi connectivity index (χ4n) is 2.54. The van der Waals surface area contributed by atoms with E-state index in [9.17, 15) is 9.59 Å². The number of ether oxygens (including phenoxy) is 3. The van der Waals surface area contributed by atoms with E-state index in [1.807, 2.05) is 38.1 Å². The van der Waals surface area contributed by atoms with Crippen molar-refractivity contribution < 1.29 is 28.9 Å². The van der Waals surface area contributed by atoms with Gasteiger partial charge in [0.1, 0.15) is 18.0 Å². The van der Waals surface area contributed by atoms with E-state index >= 15 is 0 Å². The Labute approximate surface area is 148 Å². The molecule has 0 unspecified atom stereocenters. The third kappa shape index (κ3) is 7.23. The van der Waals surface area contributed by atoms with Gasteiger partial charge >= 0.3 is 5.97 Å². The van der Waals surface area contributed by atoms with Crippen molar-refractivity contribution in [1.29, 1.82) is 0 Å². The van der Waals surface area contributed by atoms with Crippen LogP contribution in [0.5, 0.6) is 5.75 Å². The molecule has 1 fully saturated rings. The van der Waals surface area contributed by atoms with Crippen molar-refractivity contribution in [3.63, 3.8) is 0 Å². The Morgan fingerprint density at radius 1 is 1.20 bits per heavy atom. The second-order valence-corrected chi connectivity index (χ2v) is 6.81. The highest BCUT2D eigenvalue weighted by Crippen LogP contribution is 2.21. The highest BCUT2D eigenvalue weighted by molar-refractivity contribution is 5.94. The molecule has 0 atom stereocenters. The molecular weight excluding hydrogens is 324 g/mol. The maximum atomic E-state index is 11.4. The summed E-state index contributed by atoms with van der Waals surface area (Å²) in [5.74, 6) is -0.802. The molecule has 0 amide bonds. The molecule has 2 rings (SSSR count). The third-order valence-electron chi connectivity index (χ3n) is 4.01. The van der Waals surface area contributed by atoms with Gasteiger partial charge in [0.05, 0.1) is 19.8 Å². The van der Waals surface area contributed by atoms with Crippen molar-refractivity contribution in [2.75, 3.05) is 19.8 Å². The largest absolute Gasteiger partial charge is 0.493 e. The normalized spacial score (nSPS) is 17.2. The molecule has 6 heteroatoms. The van der Waals surface area contributed by atoms with Gasteiger partial charge in [-0.3, -0.25) is 9.59 Å². The van der Waals surface area contributed by atoms with Crippen LogP contribution in [0.1, 0.15) is 38.7 Å². The summed E-state index contributed by atoms with van der Waals surface area (Å²) in [4.78, 5) is 21.8. The summed E-state index contributed by atoms with van der Waals surface area (Å²) < 4.78 is 17.0. The predicted molar refractivity (Wildman–Crippen MR) is 91.6 cm³/mol. The molecule has 0 aliphatic carbocycles. The van der Waals surface area contributed by atoms with E-state index in [1.165, 1.54) is 0 Å². The fraction of sp³-hybridized carbons (Fsp3) is 0.579. The minimum Gasteiger partial charge on any atom is -0.493 e. The molecule has 1 heterocycles. The van der Waals surface area contributed by atoms with Crippen LogP contribution < -0.4 is 4.74 Å². The van der Waals surface area contributed by atoms with E-state index in [0.717, 1.165) is 17.7 Å². The van der Waals surface area contributed by atoms with Gasteiger partial charge in [-0.2, -0.15) is 0 Å². The van der Waals surface area contributed by atoms with Crippen LogP contribution in [0.4, 0.5) is 0 Å². The highest BCUT2D eigenvalue weighted by Gasteiger charge is 2.28. The number of rotatable bonds is 9. The topological polar surface area (TPSA) is 82.1 Å². The van der Waals surface area contributed by atoms with Crippen molar-refractivity contribution in [3.8, 4) is 5.75 Å². The van der Waals surface area contributed by atoms with Gasteiger partial charge < -0.3 is 19.3 Å². The molecule has 138 valence electrons. The first-order chi connectivity index (χ1) is 11.8. The molecule has 0 bridgehead atoms. The Morgan fingerprint density at radius 2 is 1.84 bits per heavy atom. The SMILES string of the molecule is CC1(C)OCC(COc2ccc(CCCC(=O)CC(=O)O)cc2)CO1. The van der Waals surface area contributed by atoms with E-state index in [1.54, 1.807) is 0 Å². The maximum absolute atomic E-state index is 11.4. The molecular formula is C19H26O6. The zero-order valence-corrected chi connectivity index (χ0v) is 14.8. The number of hydrogen-bond acceptors (Lipinski definition) is 5. The first-order valence-corrected chi connectivity index (χ1v) is 8.57. The number of ketones is 1. The van der Waals surface area contributed by atoms with E-state index < -0.39 is 18.2 Å². The number of hydrogen-bond donors (Lipinski definition) is 1. The van der Waals surface area contributed by atoms with E-state index in [4.69, 9.17) is 19.3 Å². The molecule has 1 N–H and O–H groups in total. The Morgan fingerprint density at radius 3 is 2.44 bits per heavy atom. The van der Waals surface area contributed by atoms with Crippen molar-refractivity contribution in [2.45, 2.75) is 45.3 Å². The summed E-state index contributed by atoms with van der Waals surface area (Å²) in [5, 5.41) is 8.55. The second-order valence-electron chi connectivity index (χ2n) is 6.81. The highest BCUT2D eigenvalue weighted by atomic mass is 16.7. The minimum atomic E-state index is -1.07. The van der Waals surface area contributed by atoms with Crippen LogP contribution in [0.15, 0.2) is 24.3 Å². The molecule has 1 aliphatic rings. The van der Waals surface area contributed by atoms with Gasteiger partial charge in [0.15, 0.2) is 5.79 Å². The first kappa shape index (κ1) is 19.4. The molecule has 0 radical (unpaired) electrons. The van der Waals surface area contributed by atoms with Gasteiger partial charge in [-0.15, -0.1) is 0 Å². The zero-order valence-electron chi connectivity index (χ0n) is 14.8. The lowest BCUT2D eigenvalue weighted by Crippen LogP contribution is -2.41. The van der Waals surface area contributed by atoms with Gasteiger partial charge in [0.25, 0.3) is 0 Å². The molecule has 25 heavy (non-hydrogen) atoms. The van der Waals surface area contributed by atoms with Crippen molar-refractivity contribution in [2.24, 2.45) is 5.92 Å². The lowest BCUT2D eigenvalue weighted by Gasteiger charge is -2.34. The molecule has 1 aromatic rings. The number of carboxylic acids is 1. The van der Waals surface area contributed by atoms with Crippen LogP contribution in [0.25, 0.3) is 0 Å². The molecule has 1 aliphatic heterocycles. The molecule has 0 spiro atoms. The van der Waals surface area contributed by atoms with Crippen molar-refractivity contribution in [1.82, 2.24) is 0 Å². The number of Topliss-reactive ketones (excluding diaryl/α,β-unsaturated/α-hetero) is 1. The smallest absolute Gasteiger partial charge is 0.310 e. The molecule has 1 saturated heterocycles. The van der Waals surface area contributed by atoms with Gasteiger partial charge in [0, 0.05) is 12.3 Å². The second kappa shape index (κ2) is 8.97. The van der Waals surface area contributed by atoms with Crippen LogP contribution in [0.2, 0.25) is 0 Å². The summed E-state index contributed by atoms with van der Waals surface area (Å²) in [6.45, 7) is 5.58. The number of benzene rings is 1.